The van der Waals surface area contributed by atoms with E-state index < -0.39 is 11.8 Å². The van der Waals surface area contributed by atoms with E-state index in [0.29, 0.717) is 0 Å². The summed E-state index contributed by atoms with van der Waals surface area (Å²) in [7, 11) is 0. The maximum Gasteiger partial charge on any atom is 0.339 e. The number of allylic oxidation sites excluding steroid dienone is 3. The second-order valence-corrected chi connectivity index (χ2v) is 3.22. The van der Waals surface area contributed by atoms with Gasteiger partial charge in [0.05, 0.1) is 0 Å². The minimum Gasteiger partial charge on any atom is -0.478 e. The lowest BCUT2D eigenvalue weighted by atomic mass is 10.1. The van der Waals surface area contributed by atoms with Crippen LogP contribution in [0, 0.1) is 0 Å². The molecule has 0 aliphatic rings. The summed E-state index contributed by atoms with van der Waals surface area (Å²) in [6.07, 6.45) is 5.50. The number of carbonyl (C=O) groups is 2. The summed E-state index contributed by atoms with van der Waals surface area (Å²) in [6, 6.07) is 9.38. The summed E-state index contributed by atoms with van der Waals surface area (Å²) in [5, 5.41) is 8.80. The molecule has 0 atom stereocenters. The summed E-state index contributed by atoms with van der Waals surface area (Å²) in [5.41, 5.74) is 0.631. The fourth-order valence-corrected chi connectivity index (χ4v) is 1.19. The molecule has 1 aromatic carbocycles. The third kappa shape index (κ3) is 3.91. The highest BCUT2D eigenvalue weighted by atomic mass is 16.4. The summed E-state index contributed by atoms with van der Waals surface area (Å²) in [4.78, 5) is 22.0. The molecule has 0 aromatic heterocycles. The van der Waals surface area contributed by atoms with Crippen LogP contribution in [0.4, 0.5) is 0 Å². The summed E-state index contributed by atoms with van der Waals surface area (Å²) in [5.74, 6) is -1.86. The van der Waals surface area contributed by atoms with Gasteiger partial charge in [-0.3, -0.25) is 4.79 Å². The molecule has 86 valence electrons. The standard InChI is InChI=1S/C14H12O3/c1-2-13(15)12(14(16)17)10-6-9-11-7-4-3-5-8-11/h2-10H,1H2,(H,16,17)/b9-6+,12-10+. The van der Waals surface area contributed by atoms with Gasteiger partial charge < -0.3 is 5.11 Å². The predicted molar refractivity (Wildman–Crippen MR) is 66.4 cm³/mol. The molecule has 0 fully saturated rings. The van der Waals surface area contributed by atoms with Gasteiger partial charge >= 0.3 is 5.97 Å². The zero-order valence-corrected chi connectivity index (χ0v) is 9.17. The molecule has 0 unspecified atom stereocenters. The van der Waals surface area contributed by atoms with Crippen LogP contribution in [0.25, 0.3) is 6.08 Å². The van der Waals surface area contributed by atoms with Gasteiger partial charge in [-0.25, -0.2) is 4.79 Å². The quantitative estimate of drug-likeness (QED) is 0.364. The van der Waals surface area contributed by atoms with Gasteiger partial charge in [0.25, 0.3) is 0 Å². The number of hydrogen-bond donors (Lipinski definition) is 1. The van der Waals surface area contributed by atoms with Crippen molar-refractivity contribution in [1.82, 2.24) is 0 Å². The second kappa shape index (κ2) is 6.23. The van der Waals surface area contributed by atoms with Gasteiger partial charge in [-0.1, -0.05) is 49.1 Å². The molecule has 0 aliphatic heterocycles. The molecule has 0 bridgehead atoms. The topological polar surface area (TPSA) is 54.4 Å². The minimum absolute atomic E-state index is 0.299. The van der Waals surface area contributed by atoms with Crippen LogP contribution < -0.4 is 0 Å². The zero-order chi connectivity index (χ0) is 12.7. The number of carboxylic acids is 1. The van der Waals surface area contributed by atoms with Crippen molar-refractivity contribution < 1.29 is 14.7 Å². The maximum absolute atomic E-state index is 11.2. The number of carbonyl (C=O) groups excluding carboxylic acids is 1. The van der Waals surface area contributed by atoms with Gasteiger partial charge in [-0.05, 0) is 17.7 Å². The van der Waals surface area contributed by atoms with Gasteiger partial charge in [0, 0.05) is 0 Å². The van der Waals surface area contributed by atoms with Gasteiger partial charge in [-0.2, -0.15) is 0 Å². The fourth-order valence-electron chi connectivity index (χ4n) is 1.19. The molecule has 0 heterocycles. The third-order valence-corrected chi connectivity index (χ3v) is 2.03. The van der Waals surface area contributed by atoms with E-state index in [2.05, 4.69) is 6.58 Å². The van der Waals surface area contributed by atoms with Crippen molar-refractivity contribution in [2.24, 2.45) is 0 Å². The lowest BCUT2D eigenvalue weighted by Crippen LogP contribution is -2.09. The smallest absolute Gasteiger partial charge is 0.339 e. The highest BCUT2D eigenvalue weighted by Crippen LogP contribution is 2.03. The molecule has 0 saturated heterocycles. The summed E-state index contributed by atoms with van der Waals surface area (Å²) < 4.78 is 0. The first-order valence-electron chi connectivity index (χ1n) is 4.98. The summed E-state index contributed by atoms with van der Waals surface area (Å²) in [6.45, 7) is 3.25. The first kappa shape index (κ1) is 12.6. The average Bonchev–Trinajstić information content (AvgIpc) is 2.34. The highest BCUT2D eigenvalue weighted by Gasteiger charge is 2.12. The van der Waals surface area contributed by atoms with Gasteiger partial charge in [-0.15, -0.1) is 0 Å². The SMILES string of the molecule is C=CC(=O)/C(=C\C=C\c1ccccc1)C(=O)O. The van der Waals surface area contributed by atoms with E-state index in [1.165, 1.54) is 12.2 Å². The van der Waals surface area contributed by atoms with Crippen LogP contribution in [-0.2, 0) is 9.59 Å². The van der Waals surface area contributed by atoms with Crippen LogP contribution in [0.15, 0.2) is 60.7 Å². The largest absolute Gasteiger partial charge is 0.478 e. The molecule has 0 spiro atoms. The van der Waals surface area contributed by atoms with Gasteiger partial charge in [0.15, 0.2) is 5.78 Å². The average molecular weight is 228 g/mol. The minimum atomic E-state index is -1.26. The van der Waals surface area contributed by atoms with Crippen LogP contribution in [0.5, 0.6) is 0 Å². The number of ketones is 1. The van der Waals surface area contributed by atoms with E-state index in [4.69, 9.17) is 5.11 Å². The molecular weight excluding hydrogens is 216 g/mol. The third-order valence-electron chi connectivity index (χ3n) is 2.03. The number of hydrogen-bond acceptors (Lipinski definition) is 2. The van der Waals surface area contributed by atoms with Crippen molar-refractivity contribution >= 4 is 17.8 Å². The number of carboxylic acid groups (broad SMARTS) is 1. The Hall–Kier alpha value is -2.42. The first-order chi connectivity index (χ1) is 8.15. The molecular formula is C14H12O3. The Morgan fingerprint density at radius 1 is 1.18 bits per heavy atom. The lowest BCUT2D eigenvalue weighted by Gasteiger charge is -1.94. The van der Waals surface area contributed by atoms with Crippen molar-refractivity contribution in [3.63, 3.8) is 0 Å². The number of rotatable bonds is 5. The second-order valence-electron chi connectivity index (χ2n) is 3.22. The highest BCUT2D eigenvalue weighted by molar-refractivity contribution is 6.21. The molecule has 3 nitrogen and oxygen atoms in total. The van der Waals surface area contributed by atoms with E-state index in [-0.39, 0.29) is 5.57 Å². The predicted octanol–water partition coefficient (Wildman–Crippen LogP) is 2.47. The van der Waals surface area contributed by atoms with E-state index in [0.717, 1.165) is 11.6 Å². The molecule has 0 amide bonds. The summed E-state index contributed by atoms with van der Waals surface area (Å²) >= 11 is 0. The normalized spacial score (nSPS) is 11.4. The Labute approximate surface area is 99.4 Å². The van der Waals surface area contributed by atoms with E-state index in [1.807, 2.05) is 30.3 Å². The molecule has 0 saturated carbocycles. The molecule has 1 aromatic rings. The van der Waals surface area contributed by atoms with E-state index >= 15 is 0 Å². The van der Waals surface area contributed by atoms with Crippen LogP contribution in [0.1, 0.15) is 5.56 Å². The first-order valence-corrected chi connectivity index (χ1v) is 4.98. The van der Waals surface area contributed by atoms with Crippen molar-refractivity contribution in [2.75, 3.05) is 0 Å². The van der Waals surface area contributed by atoms with Crippen molar-refractivity contribution in [2.45, 2.75) is 0 Å². The van der Waals surface area contributed by atoms with Gasteiger partial charge in [0.2, 0.25) is 0 Å². The molecule has 0 radical (unpaired) electrons. The zero-order valence-electron chi connectivity index (χ0n) is 9.17. The fraction of sp³-hybridized carbons (Fsp3) is 0. The van der Waals surface area contributed by atoms with Crippen LogP contribution in [0.3, 0.4) is 0 Å². The molecule has 0 aliphatic carbocycles. The van der Waals surface area contributed by atoms with Crippen molar-refractivity contribution in [3.05, 3.63) is 66.3 Å². The van der Waals surface area contributed by atoms with Crippen molar-refractivity contribution in [3.8, 4) is 0 Å². The maximum atomic E-state index is 11.2. The lowest BCUT2D eigenvalue weighted by molar-refractivity contribution is -0.134. The Morgan fingerprint density at radius 2 is 1.82 bits per heavy atom. The molecule has 3 heteroatoms. The Morgan fingerprint density at radius 3 is 2.35 bits per heavy atom. The van der Waals surface area contributed by atoms with Crippen LogP contribution in [-0.4, -0.2) is 16.9 Å². The Bertz CT molecular complexity index is 481. The van der Waals surface area contributed by atoms with Crippen LogP contribution in [0.2, 0.25) is 0 Å². The van der Waals surface area contributed by atoms with E-state index in [9.17, 15) is 9.59 Å². The number of benzene rings is 1. The van der Waals surface area contributed by atoms with Crippen molar-refractivity contribution in [1.29, 1.82) is 0 Å². The molecule has 1 N–H and O–H groups in total. The van der Waals surface area contributed by atoms with Gasteiger partial charge in [0.1, 0.15) is 5.57 Å². The van der Waals surface area contributed by atoms with E-state index in [1.54, 1.807) is 6.08 Å². The monoisotopic (exact) mass is 228 g/mol. The Balaban J connectivity index is 2.87. The molecule has 1 rings (SSSR count). The van der Waals surface area contributed by atoms with Crippen LogP contribution >= 0.6 is 0 Å². The Kier molecular flexibility index (Phi) is 4.63. The number of aliphatic carboxylic acids is 1. The molecule has 17 heavy (non-hydrogen) atoms.